The van der Waals surface area contributed by atoms with Gasteiger partial charge in [0.05, 0.1) is 0 Å². The number of nitrogens with zero attached hydrogens (tertiary/aromatic N) is 3. The molecular weight excluding hydrogens is 248 g/mol. The molecule has 1 fully saturated rings. The highest BCUT2D eigenvalue weighted by atomic mass is 15.2. The second kappa shape index (κ2) is 5.29. The lowest BCUT2D eigenvalue weighted by Crippen LogP contribution is -2.45. The van der Waals surface area contributed by atoms with Gasteiger partial charge in [-0.2, -0.15) is 0 Å². The Morgan fingerprint density at radius 1 is 1.25 bits per heavy atom. The number of nitrogens with two attached hydrogens (primary N) is 1. The summed E-state index contributed by atoms with van der Waals surface area (Å²) in [6.45, 7) is 2.19. The van der Waals surface area contributed by atoms with Crippen molar-refractivity contribution < 1.29 is 0 Å². The Morgan fingerprint density at radius 2 is 2.10 bits per heavy atom. The number of piperidine rings is 1. The van der Waals surface area contributed by atoms with Crippen molar-refractivity contribution in [1.82, 2.24) is 9.88 Å². The van der Waals surface area contributed by atoms with Crippen molar-refractivity contribution in [2.45, 2.75) is 18.9 Å². The average Bonchev–Trinajstić information content (AvgIpc) is 2.48. The number of hydrogen-bond donors (Lipinski definition) is 1. The molecule has 1 atom stereocenters. The number of anilines is 2. The van der Waals surface area contributed by atoms with E-state index in [-0.39, 0.29) is 0 Å². The summed E-state index contributed by atoms with van der Waals surface area (Å²) in [6.07, 6.45) is 6.22. The fourth-order valence-electron chi connectivity index (χ4n) is 3.07. The topological polar surface area (TPSA) is 45.4 Å². The largest absolute Gasteiger partial charge is 0.398 e. The Morgan fingerprint density at radius 3 is 2.90 bits per heavy atom. The third-order valence-electron chi connectivity index (χ3n) is 4.30. The van der Waals surface area contributed by atoms with Gasteiger partial charge in [0.1, 0.15) is 0 Å². The van der Waals surface area contributed by atoms with Gasteiger partial charge in [0.2, 0.25) is 0 Å². The summed E-state index contributed by atoms with van der Waals surface area (Å²) in [4.78, 5) is 9.01. The standard InChI is InChI=1S/C16H22N4/c1-19(2)12-4-3-9-20(11-12)16-6-5-15(17)14-10-18-8-7-13(14)16/h5-8,10,12H,3-4,9,11,17H2,1-2H3. The summed E-state index contributed by atoms with van der Waals surface area (Å²) >= 11 is 0. The smallest absolute Gasteiger partial charge is 0.0449 e. The molecule has 20 heavy (non-hydrogen) atoms. The molecule has 1 aromatic heterocycles. The maximum Gasteiger partial charge on any atom is 0.0449 e. The summed E-state index contributed by atoms with van der Waals surface area (Å²) in [5.41, 5.74) is 8.15. The van der Waals surface area contributed by atoms with Crippen LogP contribution in [0.5, 0.6) is 0 Å². The van der Waals surface area contributed by atoms with Gasteiger partial charge < -0.3 is 15.5 Å². The van der Waals surface area contributed by atoms with Gasteiger partial charge in [-0.05, 0) is 45.1 Å². The lowest BCUT2D eigenvalue weighted by atomic mass is 10.0. The van der Waals surface area contributed by atoms with Gasteiger partial charge in [-0.1, -0.05) is 0 Å². The molecule has 0 aliphatic carbocycles. The van der Waals surface area contributed by atoms with Crippen LogP contribution in [-0.4, -0.2) is 43.1 Å². The molecule has 1 aliphatic heterocycles. The Hall–Kier alpha value is -1.81. The van der Waals surface area contributed by atoms with Gasteiger partial charge >= 0.3 is 0 Å². The van der Waals surface area contributed by atoms with E-state index >= 15 is 0 Å². The van der Waals surface area contributed by atoms with E-state index < -0.39 is 0 Å². The van der Waals surface area contributed by atoms with Crippen molar-refractivity contribution in [1.29, 1.82) is 0 Å². The molecule has 4 nitrogen and oxygen atoms in total. The highest BCUT2D eigenvalue weighted by Crippen LogP contribution is 2.32. The van der Waals surface area contributed by atoms with Crippen LogP contribution in [0.15, 0.2) is 30.6 Å². The SMILES string of the molecule is CN(C)C1CCCN(c2ccc(N)c3cnccc23)C1. The van der Waals surface area contributed by atoms with Crippen molar-refractivity contribution in [2.75, 3.05) is 37.8 Å². The first-order chi connectivity index (χ1) is 9.66. The minimum Gasteiger partial charge on any atom is -0.398 e. The molecule has 0 spiro atoms. The molecule has 2 aromatic rings. The quantitative estimate of drug-likeness (QED) is 0.851. The molecule has 106 valence electrons. The molecule has 4 heteroatoms. The van der Waals surface area contributed by atoms with Crippen molar-refractivity contribution in [3.63, 3.8) is 0 Å². The predicted molar refractivity (Wildman–Crippen MR) is 85.1 cm³/mol. The van der Waals surface area contributed by atoms with Gasteiger partial charge in [-0.25, -0.2) is 0 Å². The van der Waals surface area contributed by atoms with Crippen LogP contribution in [0.2, 0.25) is 0 Å². The third-order valence-corrected chi connectivity index (χ3v) is 4.30. The second-order valence-electron chi connectivity index (χ2n) is 5.80. The minimum atomic E-state index is 0.623. The van der Waals surface area contributed by atoms with E-state index in [1.165, 1.54) is 23.9 Å². The Balaban J connectivity index is 2.00. The molecule has 2 N–H and O–H groups in total. The van der Waals surface area contributed by atoms with Crippen LogP contribution in [-0.2, 0) is 0 Å². The maximum absolute atomic E-state index is 6.06. The van der Waals surface area contributed by atoms with Crippen molar-refractivity contribution in [3.05, 3.63) is 30.6 Å². The molecule has 0 amide bonds. The number of fused-ring (bicyclic) bond motifs is 1. The molecule has 1 aromatic carbocycles. The Bertz CT molecular complexity index is 608. The van der Waals surface area contributed by atoms with E-state index in [2.05, 4.69) is 41.0 Å². The normalized spacial score (nSPS) is 19.8. The number of aromatic nitrogens is 1. The molecule has 1 aliphatic rings. The molecular formula is C16H22N4. The van der Waals surface area contributed by atoms with E-state index in [0.717, 1.165) is 24.2 Å². The summed E-state index contributed by atoms with van der Waals surface area (Å²) in [7, 11) is 4.33. The molecule has 1 saturated heterocycles. The van der Waals surface area contributed by atoms with Crippen LogP contribution in [0, 0.1) is 0 Å². The lowest BCUT2D eigenvalue weighted by Gasteiger charge is -2.38. The number of rotatable bonds is 2. The molecule has 3 rings (SSSR count). The van der Waals surface area contributed by atoms with Crippen LogP contribution in [0.1, 0.15) is 12.8 Å². The first-order valence-electron chi connectivity index (χ1n) is 7.20. The Labute approximate surface area is 120 Å². The van der Waals surface area contributed by atoms with Crippen LogP contribution in [0.4, 0.5) is 11.4 Å². The zero-order valence-corrected chi connectivity index (χ0v) is 12.2. The van der Waals surface area contributed by atoms with E-state index in [4.69, 9.17) is 5.73 Å². The zero-order valence-electron chi connectivity index (χ0n) is 12.2. The fourth-order valence-corrected chi connectivity index (χ4v) is 3.07. The monoisotopic (exact) mass is 270 g/mol. The van der Waals surface area contributed by atoms with Gasteiger partial charge in [0, 0.05) is 53.7 Å². The Kier molecular flexibility index (Phi) is 3.49. The summed E-state index contributed by atoms with van der Waals surface area (Å²) in [5.74, 6) is 0. The minimum absolute atomic E-state index is 0.623. The number of hydrogen-bond acceptors (Lipinski definition) is 4. The van der Waals surface area contributed by atoms with Crippen molar-refractivity contribution >= 4 is 22.1 Å². The molecule has 0 saturated carbocycles. The second-order valence-corrected chi connectivity index (χ2v) is 5.80. The fraction of sp³-hybridized carbons (Fsp3) is 0.438. The summed E-state index contributed by atoms with van der Waals surface area (Å²) in [6, 6.07) is 6.84. The van der Waals surface area contributed by atoms with E-state index in [1.807, 2.05) is 18.5 Å². The number of pyridine rings is 1. The average molecular weight is 270 g/mol. The first kappa shape index (κ1) is 13.2. The van der Waals surface area contributed by atoms with Crippen LogP contribution in [0.25, 0.3) is 10.8 Å². The first-order valence-corrected chi connectivity index (χ1v) is 7.20. The van der Waals surface area contributed by atoms with E-state index in [0.29, 0.717) is 6.04 Å². The third kappa shape index (κ3) is 2.31. The summed E-state index contributed by atoms with van der Waals surface area (Å²) in [5, 5.41) is 2.26. The van der Waals surface area contributed by atoms with Crippen molar-refractivity contribution in [3.8, 4) is 0 Å². The van der Waals surface area contributed by atoms with Gasteiger partial charge in [0.15, 0.2) is 0 Å². The summed E-state index contributed by atoms with van der Waals surface area (Å²) < 4.78 is 0. The van der Waals surface area contributed by atoms with Crippen LogP contribution in [0.3, 0.4) is 0 Å². The molecule has 1 unspecified atom stereocenters. The highest BCUT2D eigenvalue weighted by Gasteiger charge is 2.22. The number of benzene rings is 1. The van der Waals surface area contributed by atoms with Crippen molar-refractivity contribution in [2.24, 2.45) is 0 Å². The van der Waals surface area contributed by atoms with Gasteiger partial charge in [0.25, 0.3) is 0 Å². The van der Waals surface area contributed by atoms with Crippen LogP contribution < -0.4 is 10.6 Å². The molecule has 0 radical (unpaired) electrons. The van der Waals surface area contributed by atoms with Gasteiger partial charge in [-0.3, -0.25) is 4.98 Å². The number of nitrogen functional groups attached to an aromatic ring is 1. The van der Waals surface area contributed by atoms with Gasteiger partial charge in [-0.15, -0.1) is 0 Å². The number of likely N-dealkylation sites (N-methyl/N-ethyl adjacent to an activating group) is 1. The van der Waals surface area contributed by atoms with E-state index in [9.17, 15) is 0 Å². The highest BCUT2D eigenvalue weighted by molar-refractivity contribution is 6.00. The molecule has 0 bridgehead atoms. The maximum atomic E-state index is 6.06. The van der Waals surface area contributed by atoms with Crippen LogP contribution >= 0.6 is 0 Å². The molecule has 2 heterocycles. The zero-order chi connectivity index (χ0) is 14.1. The lowest BCUT2D eigenvalue weighted by molar-refractivity contribution is 0.258. The predicted octanol–water partition coefficient (Wildman–Crippen LogP) is 2.35. The van der Waals surface area contributed by atoms with E-state index in [1.54, 1.807) is 0 Å².